The van der Waals surface area contributed by atoms with E-state index in [9.17, 15) is 9.18 Å². The first-order valence-electron chi connectivity index (χ1n) is 5.42. The van der Waals surface area contributed by atoms with Crippen molar-refractivity contribution in [2.24, 2.45) is 5.73 Å². The summed E-state index contributed by atoms with van der Waals surface area (Å²) in [6.07, 6.45) is 0. The molecule has 0 aromatic heterocycles. The van der Waals surface area contributed by atoms with Crippen molar-refractivity contribution >= 4 is 11.6 Å². The van der Waals surface area contributed by atoms with Crippen molar-refractivity contribution in [1.29, 1.82) is 5.26 Å². The number of carbonyl (C=O) groups excluding carboxylic acids is 1. The molecule has 0 fully saturated rings. The molecular weight excluding hydrogens is 245 g/mol. The van der Waals surface area contributed by atoms with Gasteiger partial charge >= 0.3 is 0 Å². The van der Waals surface area contributed by atoms with Crippen molar-refractivity contribution in [3.63, 3.8) is 0 Å². The van der Waals surface area contributed by atoms with Crippen molar-refractivity contribution in [2.45, 2.75) is 0 Å². The highest BCUT2D eigenvalue weighted by Gasteiger charge is 2.10. The number of amides is 1. The second-order valence-electron chi connectivity index (χ2n) is 3.97. The van der Waals surface area contributed by atoms with Crippen molar-refractivity contribution in [3.8, 4) is 17.2 Å². The van der Waals surface area contributed by atoms with Crippen LogP contribution in [0.1, 0.15) is 15.9 Å². The standard InChI is InChI=1S/C14H10FN3O/c15-12-5-10(7-16)11(6-13(12)17)8-1-3-9(4-2-8)14(18)19/h1-6H,17H2,(H2,18,19). The number of primary amides is 1. The highest BCUT2D eigenvalue weighted by molar-refractivity contribution is 5.93. The molecule has 94 valence electrons. The molecule has 5 heteroatoms. The van der Waals surface area contributed by atoms with Crippen LogP contribution >= 0.6 is 0 Å². The van der Waals surface area contributed by atoms with Gasteiger partial charge in [0.25, 0.3) is 0 Å². The molecule has 19 heavy (non-hydrogen) atoms. The summed E-state index contributed by atoms with van der Waals surface area (Å²) in [5, 5.41) is 9.01. The maximum absolute atomic E-state index is 13.3. The molecule has 2 aromatic rings. The molecule has 2 aromatic carbocycles. The molecule has 0 spiro atoms. The molecule has 0 saturated heterocycles. The Balaban J connectivity index is 2.56. The Morgan fingerprint density at radius 3 is 2.37 bits per heavy atom. The third-order valence-corrected chi connectivity index (χ3v) is 2.74. The van der Waals surface area contributed by atoms with Gasteiger partial charge in [0, 0.05) is 11.1 Å². The largest absolute Gasteiger partial charge is 0.396 e. The Bertz CT molecular complexity index is 687. The summed E-state index contributed by atoms with van der Waals surface area (Å²) in [6.45, 7) is 0. The van der Waals surface area contributed by atoms with Crippen LogP contribution in [0.3, 0.4) is 0 Å². The number of hydrogen-bond donors (Lipinski definition) is 2. The molecule has 4 nitrogen and oxygen atoms in total. The number of halogens is 1. The van der Waals surface area contributed by atoms with Gasteiger partial charge in [0.15, 0.2) is 0 Å². The van der Waals surface area contributed by atoms with E-state index in [1.807, 2.05) is 6.07 Å². The molecular formula is C14H10FN3O. The molecule has 2 rings (SSSR count). The summed E-state index contributed by atoms with van der Waals surface area (Å²) in [6, 6.07) is 10.7. The maximum Gasteiger partial charge on any atom is 0.248 e. The Kier molecular flexibility index (Phi) is 3.17. The number of carbonyl (C=O) groups is 1. The topological polar surface area (TPSA) is 92.9 Å². The number of anilines is 1. The van der Waals surface area contributed by atoms with Crippen LogP contribution in [-0.2, 0) is 0 Å². The lowest BCUT2D eigenvalue weighted by Crippen LogP contribution is -2.10. The zero-order valence-electron chi connectivity index (χ0n) is 9.85. The normalized spacial score (nSPS) is 9.89. The Morgan fingerprint density at radius 2 is 1.84 bits per heavy atom. The first-order chi connectivity index (χ1) is 9.02. The first kappa shape index (κ1) is 12.6. The van der Waals surface area contributed by atoms with Crippen LogP contribution in [0.5, 0.6) is 0 Å². The Labute approximate surface area is 109 Å². The van der Waals surface area contributed by atoms with Crippen LogP contribution in [0.25, 0.3) is 11.1 Å². The predicted octanol–water partition coefficient (Wildman–Crippen LogP) is 2.05. The monoisotopic (exact) mass is 255 g/mol. The van der Waals surface area contributed by atoms with Crippen LogP contribution in [-0.4, -0.2) is 5.91 Å². The average molecular weight is 255 g/mol. The molecule has 0 heterocycles. The van der Waals surface area contributed by atoms with Gasteiger partial charge in [-0.05, 0) is 29.8 Å². The first-order valence-corrected chi connectivity index (χ1v) is 5.42. The maximum atomic E-state index is 13.3. The van der Waals surface area contributed by atoms with Gasteiger partial charge in [-0.3, -0.25) is 4.79 Å². The third kappa shape index (κ3) is 2.38. The van der Waals surface area contributed by atoms with Crippen molar-refractivity contribution in [3.05, 3.63) is 53.3 Å². The fraction of sp³-hybridized carbons (Fsp3) is 0. The summed E-state index contributed by atoms with van der Waals surface area (Å²) < 4.78 is 13.3. The number of hydrogen-bond acceptors (Lipinski definition) is 3. The van der Waals surface area contributed by atoms with Crippen LogP contribution in [0.2, 0.25) is 0 Å². The highest BCUT2D eigenvalue weighted by atomic mass is 19.1. The van der Waals surface area contributed by atoms with Crippen LogP contribution in [0, 0.1) is 17.1 Å². The minimum absolute atomic E-state index is 0.0343. The molecule has 0 unspecified atom stereocenters. The van der Waals surface area contributed by atoms with E-state index in [1.165, 1.54) is 6.07 Å². The fourth-order valence-electron chi connectivity index (χ4n) is 1.74. The summed E-state index contributed by atoms with van der Waals surface area (Å²) in [4.78, 5) is 11.0. The zero-order valence-corrected chi connectivity index (χ0v) is 9.85. The lowest BCUT2D eigenvalue weighted by Gasteiger charge is -2.07. The molecule has 0 bridgehead atoms. The Morgan fingerprint density at radius 1 is 1.21 bits per heavy atom. The number of nitrogens with two attached hydrogens (primary N) is 2. The van der Waals surface area contributed by atoms with Gasteiger partial charge in [0.05, 0.1) is 17.3 Å². The second-order valence-corrected chi connectivity index (χ2v) is 3.97. The van der Waals surface area contributed by atoms with Crippen LogP contribution in [0.4, 0.5) is 10.1 Å². The minimum atomic E-state index is -0.631. The number of nitriles is 1. The summed E-state index contributed by atoms with van der Waals surface area (Å²) in [5.74, 6) is -1.17. The quantitative estimate of drug-likeness (QED) is 0.804. The molecule has 0 atom stereocenters. The van der Waals surface area contributed by atoms with Crippen molar-refractivity contribution in [2.75, 3.05) is 5.73 Å². The van der Waals surface area contributed by atoms with E-state index in [-0.39, 0.29) is 11.3 Å². The van der Waals surface area contributed by atoms with Crippen molar-refractivity contribution < 1.29 is 9.18 Å². The van der Waals surface area contributed by atoms with E-state index in [4.69, 9.17) is 16.7 Å². The smallest absolute Gasteiger partial charge is 0.248 e. The van der Waals surface area contributed by atoms with Gasteiger partial charge in [-0.2, -0.15) is 5.26 Å². The molecule has 0 aliphatic carbocycles. The number of benzene rings is 2. The van der Waals surface area contributed by atoms with Gasteiger partial charge in [0.2, 0.25) is 5.91 Å². The molecule has 1 amide bonds. The van der Waals surface area contributed by atoms with Gasteiger partial charge in [0.1, 0.15) is 5.82 Å². The van der Waals surface area contributed by atoms with Gasteiger partial charge in [-0.25, -0.2) is 4.39 Å². The SMILES string of the molecule is N#Cc1cc(F)c(N)cc1-c1ccc(C(N)=O)cc1. The molecule has 0 aliphatic heterocycles. The van der Waals surface area contributed by atoms with Gasteiger partial charge < -0.3 is 11.5 Å². The molecule has 0 radical (unpaired) electrons. The van der Waals surface area contributed by atoms with E-state index >= 15 is 0 Å². The lowest BCUT2D eigenvalue weighted by molar-refractivity contribution is 0.100. The van der Waals surface area contributed by atoms with E-state index in [2.05, 4.69) is 0 Å². The number of rotatable bonds is 2. The molecule has 0 aliphatic rings. The summed E-state index contributed by atoms with van der Waals surface area (Å²) >= 11 is 0. The van der Waals surface area contributed by atoms with Crippen LogP contribution in [0.15, 0.2) is 36.4 Å². The van der Waals surface area contributed by atoms with E-state index in [0.29, 0.717) is 16.7 Å². The fourth-order valence-corrected chi connectivity index (χ4v) is 1.74. The predicted molar refractivity (Wildman–Crippen MR) is 69.5 cm³/mol. The van der Waals surface area contributed by atoms with Gasteiger partial charge in [-0.15, -0.1) is 0 Å². The second kappa shape index (κ2) is 4.78. The third-order valence-electron chi connectivity index (χ3n) is 2.74. The highest BCUT2D eigenvalue weighted by Crippen LogP contribution is 2.27. The average Bonchev–Trinajstić information content (AvgIpc) is 2.41. The number of nitrogen functional groups attached to an aromatic ring is 1. The molecule has 4 N–H and O–H groups in total. The number of nitrogens with zero attached hydrogens (tertiary/aromatic N) is 1. The van der Waals surface area contributed by atoms with Crippen LogP contribution < -0.4 is 11.5 Å². The van der Waals surface area contributed by atoms with E-state index in [1.54, 1.807) is 24.3 Å². The molecule has 0 saturated carbocycles. The zero-order chi connectivity index (χ0) is 14.0. The summed E-state index contributed by atoms with van der Waals surface area (Å²) in [5.41, 5.74) is 12.3. The van der Waals surface area contributed by atoms with Gasteiger partial charge in [-0.1, -0.05) is 12.1 Å². The lowest BCUT2D eigenvalue weighted by atomic mass is 9.98. The van der Waals surface area contributed by atoms with E-state index < -0.39 is 11.7 Å². The Hall–Kier alpha value is -2.87. The summed E-state index contributed by atoms with van der Waals surface area (Å²) in [7, 11) is 0. The van der Waals surface area contributed by atoms with Crippen molar-refractivity contribution in [1.82, 2.24) is 0 Å². The minimum Gasteiger partial charge on any atom is -0.396 e. The van der Waals surface area contributed by atoms with E-state index in [0.717, 1.165) is 6.07 Å².